The number of halogens is 2. The van der Waals surface area contributed by atoms with Crippen molar-refractivity contribution in [2.75, 3.05) is 13.7 Å². The molecule has 1 aromatic carbocycles. The maximum absolute atomic E-state index is 5.78. The van der Waals surface area contributed by atoms with Crippen molar-refractivity contribution in [2.24, 2.45) is 0 Å². The molecule has 0 radical (unpaired) electrons. The van der Waals surface area contributed by atoms with E-state index < -0.39 is 0 Å². The van der Waals surface area contributed by atoms with Gasteiger partial charge in [0, 0.05) is 10.9 Å². The SMILES string of the molecule is CNC(Cc1cc(Br)cc2c1OCC2)c1ccc(Br)o1. The van der Waals surface area contributed by atoms with Crippen molar-refractivity contribution in [2.45, 2.75) is 18.9 Å². The first-order chi connectivity index (χ1) is 9.67. The minimum Gasteiger partial charge on any atom is -0.493 e. The summed E-state index contributed by atoms with van der Waals surface area (Å²) in [6.45, 7) is 0.773. The maximum atomic E-state index is 5.78. The van der Waals surface area contributed by atoms with E-state index in [1.807, 2.05) is 19.2 Å². The second-order valence-electron chi connectivity index (χ2n) is 4.84. The molecule has 3 rings (SSSR count). The Hall–Kier alpha value is -0.780. The molecule has 0 aliphatic carbocycles. The van der Waals surface area contributed by atoms with Crippen LogP contribution in [-0.4, -0.2) is 13.7 Å². The van der Waals surface area contributed by atoms with E-state index in [0.717, 1.165) is 40.1 Å². The van der Waals surface area contributed by atoms with Crippen molar-refractivity contribution < 1.29 is 9.15 Å². The minimum absolute atomic E-state index is 0.129. The van der Waals surface area contributed by atoms with Crippen LogP contribution in [0.25, 0.3) is 0 Å². The normalized spacial score (nSPS) is 14.9. The molecule has 1 N–H and O–H groups in total. The lowest BCUT2D eigenvalue weighted by molar-refractivity contribution is 0.349. The number of rotatable bonds is 4. The molecule has 0 bridgehead atoms. The van der Waals surface area contributed by atoms with Crippen LogP contribution in [-0.2, 0) is 12.8 Å². The Bertz CT molecular complexity index is 624. The molecule has 0 saturated heterocycles. The minimum atomic E-state index is 0.129. The fraction of sp³-hybridized carbons (Fsp3) is 0.333. The average Bonchev–Trinajstić information content (AvgIpc) is 3.04. The van der Waals surface area contributed by atoms with Gasteiger partial charge in [-0.05, 0) is 64.8 Å². The van der Waals surface area contributed by atoms with E-state index in [0.29, 0.717) is 0 Å². The van der Waals surface area contributed by atoms with Gasteiger partial charge in [0.25, 0.3) is 0 Å². The van der Waals surface area contributed by atoms with Gasteiger partial charge in [0.05, 0.1) is 12.6 Å². The van der Waals surface area contributed by atoms with E-state index in [4.69, 9.17) is 9.15 Å². The lowest BCUT2D eigenvalue weighted by atomic mass is 10.0. The Morgan fingerprint density at radius 1 is 1.30 bits per heavy atom. The Morgan fingerprint density at radius 3 is 2.85 bits per heavy atom. The van der Waals surface area contributed by atoms with Crippen LogP contribution in [0, 0.1) is 0 Å². The van der Waals surface area contributed by atoms with Gasteiger partial charge in [-0.1, -0.05) is 15.9 Å². The monoisotopic (exact) mass is 399 g/mol. The van der Waals surface area contributed by atoms with Crippen LogP contribution in [0.3, 0.4) is 0 Å². The summed E-state index contributed by atoms with van der Waals surface area (Å²) < 4.78 is 13.3. The number of ether oxygens (including phenoxy) is 1. The molecule has 1 aliphatic heterocycles. The van der Waals surface area contributed by atoms with Crippen molar-refractivity contribution >= 4 is 31.9 Å². The number of nitrogens with one attached hydrogen (secondary N) is 1. The predicted molar refractivity (Wildman–Crippen MR) is 85.3 cm³/mol. The predicted octanol–water partition coefficient (Wildman–Crippen LogP) is 4.24. The summed E-state index contributed by atoms with van der Waals surface area (Å²) in [5.74, 6) is 1.96. The van der Waals surface area contributed by atoms with Crippen LogP contribution in [0.5, 0.6) is 5.75 Å². The van der Waals surface area contributed by atoms with Gasteiger partial charge in [-0.15, -0.1) is 0 Å². The van der Waals surface area contributed by atoms with Gasteiger partial charge >= 0.3 is 0 Å². The highest BCUT2D eigenvalue weighted by molar-refractivity contribution is 9.10. The third kappa shape index (κ3) is 2.80. The molecule has 1 aromatic heterocycles. The van der Waals surface area contributed by atoms with Crippen LogP contribution in [0.1, 0.15) is 22.9 Å². The van der Waals surface area contributed by atoms with E-state index in [2.05, 4.69) is 49.3 Å². The summed E-state index contributed by atoms with van der Waals surface area (Å²) in [5, 5.41) is 3.31. The molecule has 1 unspecified atom stereocenters. The largest absolute Gasteiger partial charge is 0.493 e. The molecule has 0 amide bonds. The second-order valence-corrected chi connectivity index (χ2v) is 6.54. The topological polar surface area (TPSA) is 34.4 Å². The summed E-state index contributed by atoms with van der Waals surface area (Å²) >= 11 is 6.93. The third-order valence-corrected chi connectivity index (χ3v) is 4.42. The number of likely N-dealkylation sites (N-methyl/N-ethyl adjacent to an activating group) is 1. The summed E-state index contributed by atoms with van der Waals surface area (Å²) in [6, 6.07) is 8.31. The van der Waals surface area contributed by atoms with Gasteiger partial charge in [-0.2, -0.15) is 0 Å². The van der Waals surface area contributed by atoms with Gasteiger partial charge in [0.15, 0.2) is 4.67 Å². The fourth-order valence-electron chi connectivity index (χ4n) is 2.58. The molecule has 1 atom stereocenters. The molecule has 3 nitrogen and oxygen atoms in total. The number of hydrogen-bond acceptors (Lipinski definition) is 3. The lowest BCUT2D eigenvalue weighted by Gasteiger charge is -2.16. The van der Waals surface area contributed by atoms with Crippen molar-refractivity contribution in [1.82, 2.24) is 5.32 Å². The Morgan fingerprint density at radius 2 is 2.15 bits per heavy atom. The van der Waals surface area contributed by atoms with E-state index in [-0.39, 0.29) is 6.04 Å². The fourth-order valence-corrected chi connectivity index (χ4v) is 3.45. The van der Waals surface area contributed by atoms with Gasteiger partial charge in [0.1, 0.15) is 11.5 Å². The molecule has 0 spiro atoms. The highest BCUT2D eigenvalue weighted by Gasteiger charge is 2.21. The molecule has 5 heteroatoms. The highest BCUT2D eigenvalue weighted by Crippen LogP contribution is 2.35. The average molecular weight is 401 g/mol. The molecule has 106 valence electrons. The summed E-state index contributed by atoms with van der Waals surface area (Å²) in [6.07, 6.45) is 1.82. The van der Waals surface area contributed by atoms with Crippen molar-refractivity contribution in [3.05, 3.63) is 50.3 Å². The lowest BCUT2D eigenvalue weighted by Crippen LogP contribution is -2.18. The van der Waals surface area contributed by atoms with Gasteiger partial charge in [-0.3, -0.25) is 0 Å². The van der Waals surface area contributed by atoms with Gasteiger partial charge in [0.2, 0.25) is 0 Å². The Balaban J connectivity index is 1.90. The van der Waals surface area contributed by atoms with Crippen LogP contribution in [0.15, 0.2) is 37.8 Å². The van der Waals surface area contributed by atoms with Crippen molar-refractivity contribution in [3.8, 4) is 5.75 Å². The summed E-state index contributed by atoms with van der Waals surface area (Å²) in [5.41, 5.74) is 2.49. The maximum Gasteiger partial charge on any atom is 0.169 e. The zero-order valence-corrected chi connectivity index (χ0v) is 14.3. The van der Waals surface area contributed by atoms with Crippen LogP contribution in [0.2, 0.25) is 0 Å². The standard InChI is InChI=1S/C15H15Br2NO2/c1-18-12(13-2-3-14(17)20-13)8-10-7-11(16)6-9-4-5-19-15(9)10/h2-3,6-7,12,18H,4-5,8H2,1H3. The van der Waals surface area contributed by atoms with E-state index >= 15 is 0 Å². The molecule has 2 heterocycles. The molecule has 1 aliphatic rings. The number of fused-ring (bicyclic) bond motifs is 1. The summed E-state index contributed by atoms with van der Waals surface area (Å²) in [7, 11) is 1.94. The molecule has 0 saturated carbocycles. The Labute approximate surface area is 135 Å². The zero-order valence-electron chi connectivity index (χ0n) is 11.1. The van der Waals surface area contributed by atoms with E-state index in [9.17, 15) is 0 Å². The van der Waals surface area contributed by atoms with Crippen molar-refractivity contribution in [3.63, 3.8) is 0 Å². The third-order valence-electron chi connectivity index (χ3n) is 3.54. The molecule has 0 fully saturated rings. The second kappa shape index (κ2) is 5.92. The number of hydrogen-bond donors (Lipinski definition) is 1. The van der Waals surface area contributed by atoms with Gasteiger partial charge in [-0.25, -0.2) is 0 Å². The number of furan rings is 1. The number of benzene rings is 1. The molecule has 2 aromatic rings. The van der Waals surface area contributed by atoms with E-state index in [1.54, 1.807) is 0 Å². The van der Waals surface area contributed by atoms with Crippen LogP contribution in [0.4, 0.5) is 0 Å². The van der Waals surface area contributed by atoms with E-state index in [1.165, 1.54) is 11.1 Å². The summed E-state index contributed by atoms with van der Waals surface area (Å²) in [4.78, 5) is 0. The Kier molecular flexibility index (Phi) is 4.19. The quantitative estimate of drug-likeness (QED) is 0.833. The molecule has 20 heavy (non-hydrogen) atoms. The van der Waals surface area contributed by atoms with Gasteiger partial charge < -0.3 is 14.5 Å². The first-order valence-electron chi connectivity index (χ1n) is 6.54. The van der Waals surface area contributed by atoms with Crippen molar-refractivity contribution in [1.29, 1.82) is 0 Å². The smallest absolute Gasteiger partial charge is 0.169 e. The van der Waals surface area contributed by atoms with Crippen LogP contribution >= 0.6 is 31.9 Å². The first-order valence-corrected chi connectivity index (χ1v) is 8.12. The first kappa shape index (κ1) is 14.2. The zero-order chi connectivity index (χ0) is 14.1. The van der Waals surface area contributed by atoms with Crippen LogP contribution < -0.4 is 10.1 Å². The molecular formula is C15H15Br2NO2. The highest BCUT2D eigenvalue weighted by atomic mass is 79.9. The molecular weight excluding hydrogens is 386 g/mol.